The third kappa shape index (κ3) is 4.14. The van der Waals surface area contributed by atoms with Gasteiger partial charge in [-0.25, -0.2) is 0 Å². The van der Waals surface area contributed by atoms with Crippen LogP contribution in [0, 0.1) is 18.3 Å². The molecule has 4 heteroatoms. The number of rotatable bonds is 5. The number of methoxy groups -OCH3 is 1. The third-order valence-electron chi connectivity index (χ3n) is 3.37. The second kappa shape index (κ2) is 7.85. The number of ether oxygens (including phenoxy) is 2. The van der Waals surface area contributed by atoms with Crippen molar-refractivity contribution < 1.29 is 9.47 Å². The van der Waals surface area contributed by atoms with Gasteiger partial charge >= 0.3 is 0 Å². The van der Waals surface area contributed by atoms with Crippen molar-refractivity contribution in [3.63, 3.8) is 0 Å². The van der Waals surface area contributed by atoms with Gasteiger partial charge in [-0.05, 0) is 43.2 Å². The average Bonchev–Trinajstić information content (AvgIpc) is 2.55. The van der Waals surface area contributed by atoms with E-state index < -0.39 is 0 Å². The van der Waals surface area contributed by atoms with Crippen LogP contribution in [0.2, 0.25) is 0 Å². The molecule has 3 nitrogen and oxygen atoms in total. The fourth-order valence-corrected chi connectivity index (χ4v) is 2.59. The Labute approximate surface area is 145 Å². The summed E-state index contributed by atoms with van der Waals surface area (Å²) in [4.78, 5) is 0. The first-order valence-corrected chi connectivity index (χ1v) is 8.07. The molecule has 2 rings (SSSR count). The highest BCUT2D eigenvalue weighted by Gasteiger charge is 2.10. The zero-order valence-corrected chi connectivity index (χ0v) is 15.0. The van der Waals surface area contributed by atoms with Crippen molar-refractivity contribution in [2.75, 3.05) is 13.7 Å². The lowest BCUT2D eigenvalue weighted by Gasteiger charge is -2.12. The lowest BCUT2D eigenvalue weighted by Crippen LogP contribution is -1.96. The van der Waals surface area contributed by atoms with Crippen LogP contribution < -0.4 is 9.47 Å². The smallest absolute Gasteiger partial charge is 0.162 e. The first kappa shape index (κ1) is 17.1. The van der Waals surface area contributed by atoms with Gasteiger partial charge in [0.05, 0.1) is 25.4 Å². The van der Waals surface area contributed by atoms with E-state index >= 15 is 0 Å². The third-order valence-corrected chi connectivity index (χ3v) is 4.05. The van der Waals surface area contributed by atoms with Gasteiger partial charge in [-0.1, -0.05) is 45.8 Å². The van der Waals surface area contributed by atoms with Gasteiger partial charge in [-0.3, -0.25) is 0 Å². The van der Waals surface area contributed by atoms with Gasteiger partial charge < -0.3 is 9.47 Å². The molecule has 0 aliphatic carbocycles. The van der Waals surface area contributed by atoms with Gasteiger partial charge in [-0.15, -0.1) is 0 Å². The Kier molecular flexibility index (Phi) is 5.84. The predicted molar refractivity (Wildman–Crippen MR) is 96.5 cm³/mol. The minimum atomic E-state index is 0.560. The summed E-state index contributed by atoms with van der Waals surface area (Å²) in [6.07, 6.45) is 1.84. The summed E-state index contributed by atoms with van der Waals surface area (Å²) >= 11 is 3.53. The number of aryl methyl sites for hydroxylation is 1. The van der Waals surface area contributed by atoms with E-state index in [0.29, 0.717) is 23.7 Å². The lowest BCUT2D eigenvalue weighted by atomic mass is 10.0. The van der Waals surface area contributed by atoms with Crippen molar-refractivity contribution in [3.05, 3.63) is 57.6 Å². The van der Waals surface area contributed by atoms with Gasteiger partial charge in [0.25, 0.3) is 0 Å². The van der Waals surface area contributed by atoms with Crippen LogP contribution >= 0.6 is 15.9 Å². The molecule has 0 amide bonds. The summed E-state index contributed by atoms with van der Waals surface area (Å²) in [6, 6.07) is 13.9. The maximum Gasteiger partial charge on any atom is 0.162 e. The van der Waals surface area contributed by atoms with Crippen LogP contribution in [-0.4, -0.2) is 13.7 Å². The molecule has 2 aromatic rings. The van der Waals surface area contributed by atoms with E-state index in [2.05, 4.69) is 22.0 Å². The Bertz CT molecular complexity index is 758. The lowest BCUT2D eigenvalue weighted by molar-refractivity contribution is 0.310. The number of allylic oxidation sites excluding steroid dienone is 1. The van der Waals surface area contributed by atoms with E-state index in [9.17, 15) is 5.26 Å². The number of hydrogen-bond acceptors (Lipinski definition) is 3. The second-order valence-corrected chi connectivity index (χ2v) is 5.85. The molecular formula is C19H18BrNO2. The number of halogens is 1. The fraction of sp³-hybridized carbons (Fsp3) is 0.211. The van der Waals surface area contributed by atoms with Gasteiger partial charge in [0.1, 0.15) is 0 Å². The highest BCUT2D eigenvalue weighted by atomic mass is 79.9. The van der Waals surface area contributed by atoms with E-state index in [1.165, 1.54) is 0 Å². The van der Waals surface area contributed by atoms with Gasteiger partial charge in [-0.2, -0.15) is 5.26 Å². The fourth-order valence-electron chi connectivity index (χ4n) is 2.16. The highest BCUT2D eigenvalue weighted by molar-refractivity contribution is 9.10. The molecule has 0 saturated heterocycles. The SMILES string of the molecule is CCOc1cc(Br)c(/C=C(/C#N)c2ccc(C)cc2)cc1OC. The maximum absolute atomic E-state index is 9.48. The van der Waals surface area contributed by atoms with Crippen molar-refractivity contribution in [3.8, 4) is 17.6 Å². The molecule has 23 heavy (non-hydrogen) atoms. The first-order chi connectivity index (χ1) is 11.1. The molecule has 2 aromatic carbocycles. The van der Waals surface area contributed by atoms with Crippen LogP contribution in [0.25, 0.3) is 11.6 Å². The molecule has 0 saturated carbocycles. The molecule has 0 bridgehead atoms. The quantitative estimate of drug-likeness (QED) is 0.533. The zero-order chi connectivity index (χ0) is 16.8. The van der Waals surface area contributed by atoms with E-state index in [-0.39, 0.29) is 0 Å². The van der Waals surface area contributed by atoms with Crippen molar-refractivity contribution in [2.24, 2.45) is 0 Å². The van der Waals surface area contributed by atoms with E-state index in [1.807, 2.05) is 56.3 Å². The molecule has 0 aliphatic heterocycles. The van der Waals surface area contributed by atoms with Crippen LogP contribution in [0.4, 0.5) is 0 Å². The van der Waals surface area contributed by atoms with Crippen LogP contribution in [0.15, 0.2) is 40.9 Å². The zero-order valence-electron chi connectivity index (χ0n) is 13.4. The second-order valence-electron chi connectivity index (χ2n) is 4.99. The van der Waals surface area contributed by atoms with Gasteiger partial charge in [0.2, 0.25) is 0 Å². The highest BCUT2D eigenvalue weighted by Crippen LogP contribution is 2.35. The molecule has 118 valence electrons. The van der Waals surface area contributed by atoms with Crippen molar-refractivity contribution in [1.29, 1.82) is 5.26 Å². The van der Waals surface area contributed by atoms with Gasteiger partial charge in [0, 0.05) is 4.47 Å². The summed E-state index contributed by atoms with van der Waals surface area (Å²) in [7, 11) is 1.60. The standard InChI is InChI=1S/C19H18BrNO2/c1-4-23-19-11-17(20)15(10-18(19)22-3)9-16(12-21)14-7-5-13(2)6-8-14/h5-11H,4H2,1-3H3/b16-9-. The Morgan fingerprint density at radius 3 is 2.48 bits per heavy atom. The van der Waals surface area contributed by atoms with E-state index in [1.54, 1.807) is 7.11 Å². The van der Waals surface area contributed by atoms with E-state index in [4.69, 9.17) is 9.47 Å². The van der Waals surface area contributed by atoms with Crippen LogP contribution in [0.1, 0.15) is 23.6 Å². The number of benzene rings is 2. The Morgan fingerprint density at radius 2 is 1.91 bits per heavy atom. The molecule has 0 unspecified atom stereocenters. The van der Waals surface area contributed by atoms with E-state index in [0.717, 1.165) is 21.2 Å². The number of nitrogens with zero attached hydrogens (tertiary/aromatic N) is 1. The summed E-state index contributed by atoms with van der Waals surface area (Å²) in [5, 5.41) is 9.48. The molecule has 0 fully saturated rings. The predicted octanol–water partition coefficient (Wildman–Crippen LogP) is 5.23. The molecule has 0 aliphatic rings. The minimum Gasteiger partial charge on any atom is -0.493 e. The molecule has 0 N–H and O–H groups in total. The minimum absolute atomic E-state index is 0.560. The van der Waals surface area contributed by atoms with Gasteiger partial charge in [0.15, 0.2) is 11.5 Å². The van der Waals surface area contributed by atoms with Crippen molar-refractivity contribution in [2.45, 2.75) is 13.8 Å². The van der Waals surface area contributed by atoms with Crippen LogP contribution in [0.5, 0.6) is 11.5 Å². The van der Waals surface area contributed by atoms with Crippen molar-refractivity contribution in [1.82, 2.24) is 0 Å². The Hall–Kier alpha value is -2.25. The summed E-state index contributed by atoms with van der Waals surface area (Å²) in [6.45, 7) is 4.50. The summed E-state index contributed by atoms with van der Waals surface area (Å²) in [5.41, 5.74) is 3.51. The molecule has 0 atom stereocenters. The van der Waals surface area contributed by atoms with Crippen molar-refractivity contribution >= 4 is 27.6 Å². The average molecular weight is 372 g/mol. The number of hydrogen-bond donors (Lipinski definition) is 0. The Balaban J connectivity index is 2.47. The monoisotopic (exact) mass is 371 g/mol. The summed E-state index contributed by atoms with van der Waals surface area (Å²) < 4.78 is 11.8. The largest absolute Gasteiger partial charge is 0.493 e. The number of nitriles is 1. The summed E-state index contributed by atoms with van der Waals surface area (Å²) in [5.74, 6) is 1.32. The van der Waals surface area contributed by atoms with Crippen LogP contribution in [0.3, 0.4) is 0 Å². The van der Waals surface area contributed by atoms with Crippen LogP contribution in [-0.2, 0) is 0 Å². The molecule has 0 radical (unpaired) electrons. The normalized spacial score (nSPS) is 11.0. The Morgan fingerprint density at radius 1 is 1.22 bits per heavy atom. The molecular weight excluding hydrogens is 354 g/mol. The maximum atomic E-state index is 9.48. The molecule has 0 spiro atoms. The molecule has 0 heterocycles. The molecule has 0 aromatic heterocycles. The topological polar surface area (TPSA) is 42.2 Å². The first-order valence-electron chi connectivity index (χ1n) is 7.28.